The standard InChI is InChI=1S/C11H15BrN2O.ClH/c1-7-5-9(3-4-10(7)12)11(15)14-8(2)6-13;/h3-5,8H,6,13H2,1-2H3,(H,14,15);1H/t8-;/m1./s1. The topological polar surface area (TPSA) is 55.1 Å². The maximum Gasteiger partial charge on any atom is 0.251 e. The maximum absolute atomic E-state index is 11.7. The van der Waals surface area contributed by atoms with Gasteiger partial charge < -0.3 is 11.1 Å². The monoisotopic (exact) mass is 306 g/mol. The first-order chi connectivity index (χ1) is 7.04. The van der Waals surface area contributed by atoms with Gasteiger partial charge in [0.25, 0.3) is 5.91 Å². The molecule has 0 unspecified atom stereocenters. The molecule has 0 saturated carbocycles. The average Bonchev–Trinajstić information content (AvgIpc) is 2.21. The van der Waals surface area contributed by atoms with Crippen molar-refractivity contribution in [2.75, 3.05) is 6.54 Å². The van der Waals surface area contributed by atoms with E-state index in [1.54, 1.807) is 6.07 Å². The van der Waals surface area contributed by atoms with Gasteiger partial charge in [-0.15, -0.1) is 12.4 Å². The van der Waals surface area contributed by atoms with Crippen molar-refractivity contribution >= 4 is 34.2 Å². The number of carbonyl (C=O) groups is 1. The third-order valence-corrected chi connectivity index (χ3v) is 3.04. The highest BCUT2D eigenvalue weighted by atomic mass is 79.9. The number of hydrogen-bond donors (Lipinski definition) is 2. The number of nitrogens with one attached hydrogen (secondary N) is 1. The first kappa shape index (κ1) is 15.4. The minimum atomic E-state index is -0.0800. The van der Waals surface area contributed by atoms with Gasteiger partial charge in [0, 0.05) is 22.6 Å². The molecule has 0 aromatic heterocycles. The molecule has 1 aromatic rings. The van der Waals surface area contributed by atoms with Crippen molar-refractivity contribution in [2.24, 2.45) is 5.73 Å². The molecule has 0 heterocycles. The number of carbonyl (C=O) groups excluding carboxylic acids is 1. The van der Waals surface area contributed by atoms with Crippen LogP contribution in [-0.4, -0.2) is 18.5 Å². The van der Waals surface area contributed by atoms with Crippen LogP contribution in [0.15, 0.2) is 22.7 Å². The Balaban J connectivity index is 0.00000225. The highest BCUT2D eigenvalue weighted by Gasteiger charge is 2.09. The van der Waals surface area contributed by atoms with E-state index in [1.165, 1.54) is 0 Å². The molecule has 16 heavy (non-hydrogen) atoms. The SMILES string of the molecule is Cc1cc(C(=O)N[C@H](C)CN)ccc1Br.Cl. The van der Waals surface area contributed by atoms with Crippen LogP contribution < -0.4 is 11.1 Å². The van der Waals surface area contributed by atoms with E-state index in [0.29, 0.717) is 12.1 Å². The minimum absolute atomic E-state index is 0. The van der Waals surface area contributed by atoms with Crippen molar-refractivity contribution in [1.82, 2.24) is 5.32 Å². The van der Waals surface area contributed by atoms with Crippen molar-refractivity contribution in [3.63, 3.8) is 0 Å². The van der Waals surface area contributed by atoms with E-state index in [4.69, 9.17) is 5.73 Å². The van der Waals surface area contributed by atoms with Crippen LogP contribution >= 0.6 is 28.3 Å². The van der Waals surface area contributed by atoms with Crippen molar-refractivity contribution in [1.29, 1.82) is 0 Å². The fourth-order valence-electron chi connectivity index (χ4n) is 1.15. The summed E-state index contributed by atoms with van der Waals surface area (Å²) in [4.78, 5) is 11.7. The molecule has 1 aromatic carbocycles. The molecule has 1 amide bonds. The molecule has 3 nitrogen and oxygen atoms in total. The molecule has 1 atom stereocenters. The predicted octanol–water partition coefficient (Wildman–Crippen LogP) is 2.26. The first-order valence-electron chi connectivity index (χ1n) is 4.81. The number of aryl methyl sites for hydroxylation is 1. The van der Waals surface area contributed by atoms with E-state index in [9.17, 15) is 4.79 Å². The highest BCUT2D eigenvalue weighted by Crippen LogP contribution is 2.16. The highest BCUT2D eigenvalue weighted by molar-refractivity contribution is 9.10. The molecule has 0 spiro atoms. The van der Waals surface area contributed by atoms with Crippen LogP contribution in [0.2, 0.25) is 0 Å². The molecule has 5 heteroatoms. The quantitative estimate of drug-likeness (QED) is 0.900. The number of benzene rings is 1. The van der Waals surface area contributed by atoms with Crippen LogP contribution in [0.25, 0.3) is 0 Å². The normalized spacial score (nSPS) is 11.5. The Morgan fingerprint density at radius 1 is 1.56 bits per heavy atom. The van der Waals surface area contributed by atoms with Gasteiger partial charge in [-0.3, -0.25) is 4.79 Å². The summed E-state index contributed by atoms with van der Waals surface area (Å²) in [6.45, 7) is 4.28. The number of halogens is 2. The maximum atomic E-state index is 11.7. The summed E-state index contributed by atoms with van der Waals surface area (Å²) in [5, 5.41) is 2.81. The summed E-state index contributed by atoms with van der Waals surface area (Å²) in [5.41, 5.74) is 7.14. The number of amides is 1. The molecule has 0 radical (unpaired) electrons. The van der Waals surface area contributed by atoms with E-state index in [-0.39, 0.29) is 24.4 Å². The minimum Gasteiger partial charge on any atom is -0.348 e. The first-order valence-corrected chi connectivity index (χ1v) is 5.61. The molecule has 90 valence electrons. The lowest BCUT2D eigenvalue weighted by Gasteiger charge is -2.11. The van der Waals surface area contributed by atoms with Crippen LogP contribution in [0.4, 0.5) is 0 Å². The summed E-state index contributed by atoms with van der Waals surface area (Å²) < 4.78 is 1.01. The van der Waals surface area contributed by atoms with Gasteiger partial charge in [0.2, 0.25) is 0 Å². The Morgan fingerprint density at radius 2 is 2.19 bits per heavy atom. The molecule has 0 fully saturated rings. The van der Waals surface area contributed by atoms with E-state index < -0.39 is 0 Å². The molecule has 0 aliphatic rings. The molecular weight excluding hydrogens is 291 g/mol. The summed E-state index contributed by atoms with van der Waals surface area (Å²) in [5.74, 6) is -0.0800. The van der Waals surface area contributed by atoms with Crippen LogP contribution in [0.1, 0.15) is 22.8 Å². The molecule has 3 N–H and O–H groups in total. The molecule has 0 saturated heterocycles. The smallest absolute Gasteiger partial charge is 0.251 e. The fourth-order valence-corrected chi connectivity index (χ4v) is 1.40. The van der Waals surface area contributed by atoms with Gasteiger partial charge in [0.1, 0.15) is 0 Å². The van der Waals surface area contributed by atoms with Crippen molar-refractivity contribution in [2.45, 2.75) is 19.9 Å². The van der Waals surface area contributed by atoms with E-state index in [0.717, 1.165) is 10.0 Å². The van der Waals surface area contributed by atoms with Crippen LogP contribution in [0, 0.1) is 6.92 Å². The molecule has 0 aliphatic carbocycles. The van der Waals surface area contributed by atoms with Gasteiger partial charge in [0.05, 0.1) is 0 Å². The molecule has 1 rings (SSSR count). The van der Waals surface area contributed by atoms with Gasteiger partial charge in [-0.2, -0.15) is 0 Å². The lowest BCUT2D eigenvalue weighted by atomic mass is 10.1. The largest absolute Gasteiger partial charge is 0.348 e. The van der Waals surface area contributed by atoms with Crippen molar-refractivity contribution in [3.8, 4) is 0 Å². The summed E-state index contributed by atoms with van der Waals surface area (Å²) >= 11 is 3.39. The number of hydrogen-bond acceptors (Lipinski definition) is 2. The Hall–Kier alpha value is -0.580. The van der Waals surface area contributed by atoms with E-state index in [1.807, 2.05) is 26.0 Å². The zero-order valence-electron chi connectivity index (χ0n) is 9.29. The Labute approximate surface area is 110 Å². The lowest BCUT2D eigenvalue weighted by molar-refractivity contribution is 0.0941. The number of nitrogens with two attached hydrogens (primary N) is 1. The Morgan fingerprint density at radius 3 is 2.69 bits per heavy atom. The van der Waals surface area contributed by atoms with Crippen LogP contribution in [0.5, 0.6) is 0 Å². The summed E-state index contributed by atoms with van der Waals surface area (Å²) in [6.07, 6.45) is 0. The third kappa shape index (κ3) is 4.12. The van der Waals surface area contributed by atoms with E-state index >= 15 is 0 Å². The van der Waals surface area contributed by atoms with Gasteiger partial charge in [0.15, 0.2) is 0 Å². The van der Waals surface area contributed by atoms with Gasteiger partial charge in [-0.05, 0) is 37.6 Å². The zero-order chi connectivity index (χ0) is 11.4. The van der Waals surface area contributed by atoms with Gasteiger partial charge in [-0.1, -0.05) is 15.9 Å². The molecule has 0 aliphatic heterocycles. The van der Waals surface area contributed by atoms with Crippen molar-refractivity contribution < 1.29 is 4.79 Å². The lowest BCUT2D eigenvalue weighted by Crippen LogP contribution is -2.37. The van der Waals surface area contributed by atoms with Gasteiger partial charge >= 0.3 is 0 Å². The Bertz CT molecular complexity index is 371. The van der Waals surface area contributed by atoms with Crippen molar-refractivity contribution in [3.05, 3.63) is 33.8 Å². The fraction of sp³-hybridized carbons (Fsp3) is 0.364. The Kier molecular flexibility index (Phi) is 6.64. The third-order valence-electron chi connectivity index (χ3n) is 2.15. The second-order valence-corrected chi connectivity index (χ2v) is 4.43. The van der Waals surface area contributed by atoms with E-state index in [2.05, 4.69) is 21.2 Å². The number of rotatable bonds is 3. The predicted molar refractivity (Wildman–Crippen MR) is 72.1 cm³/mol. The van der Waals surface area contributed by atoms with Crippen LogP contribution in [0.3, 0.4) is 0 Å². The summed E-state index contributed by atoms with van der Waals surface area (Å²) in [6, 6.07) is 5.51. The summed E-state index contributed by atoms with van der Waals surface area (Å²) in [7, 11) is 0. The van der Waals surface area contributed by atoms with Crippen LogP contribution in [-0.2, 0) is 0 Å². The second-order valence-electron chi connectivity index (χ2n) is 3.57. The molecule has 0 bridgehead atoms. The van der Waals surface area contributed by atoms with Gasteiger partial charge in [-0.25, -0.2) is 0 Å². The zero-order valence-corrected chi connectivity index (χ0v) is 11.7. The average molecular weight is 308 g/mol. The molecular formula is C11H16BrClN2O. The second kappa shape index (κ2) is 6.89.